The lowest BCUT2D eigenvalue weighted by Gasteiger charge is -2.18. The summed E-state index contributed by atoms with van der Waals surface area (Å²) >= 11 is 1.50. The van der Waals surface area contributed by atoms with Gasteiger partial charge in [-0.2, -0.15) is 0 Å². The van der Waals surface area contributed by atoms with Crippen molar-refractivity contribution in [2.24, 2.45) is 0 Å². The van der Waals surface area contributed by atoms with Crippen LogP contribution in [0.25, 0.3) is 0 Å². The lowest BCUT2D eigenvalue weighted by Crippen LogP contribution is -2.10. The molecule has 0 amide bonds. The molecule has 0 saturated heterocycles. The molecule has 0 spiro atoms. The van der Waals surface area contributed by atoms with Crippen LogP contribution < -0.4 is 4.90 Å². The maximum atomic E-state index is 9.40. The molecule has 2 aromatic rings. The third-order valence-electron chi connectivity index (χ3n) is 3.19. The van der Waals surface area contributed by atoms with Gasteiger partial charge in [-0.25, -0.2) is 4.98 Å². The summed E-state index contributed by atoms with van der Waals surface area (Å²) in [5.74, 6) is 0. The third kappa shape index (κ3) is 3.00. The zero-order valence-corrected chi connectivity index (χ0v) is 13.1. The minimum atomic E-state index is -0.00290. The number of rotatable bonds is 5. The summed E-state index contributed by atoms with van der Waals surface area (Å²) in [6.07, 6.45) is 0. The van der Waals surface area contributed by atoms with E-state index in [1.54, 1.807) is 7.11 Å². The van der Waals surface area contributed by atoms with Crippen LogP contribution in [0.5, 0.6) is 0 Å². The van der Waals surface area contributed by atoms with Gasteiger partial charge in [-0.1, -0.05) is 29.0 Å². The van der Waals surface area contributed by atoms with Crippen LogP contribution in [0.3, 0.4) is 0 Å². The minimum absolute atomic E-state index is 0.00290. The summed E-state index contributed by atoms with van der Waals surface area (Å²) < 4.78 is 5.12. The fourth-order valence-corrected chi connectivity index (χ4v) is 3.07. The molecule has 1 N–H and O–H groups in total. The van der Waals surface area contributed by atoms with Gasteiger partial charge in [-0.05, 0) is 25.5 Å². The molecule has 4 nitrogen and oxygen atoms in total. The molecule has 1 aromatic heterocycles. The number of thiazole rings is 1. The van der Waals surface area contributed by atoms with Gasteiger partial charge in [0.2, 0.25) is 0 Å². The smallest absolute Gasteiger partial charge is 0.190 e. The number of anilines is 2. The van der Waals surface area contributed by atoms with Crippen LogP contribution in [0.1, 0.15) is 21.7 Å². The van der Waals surface area contributed by atoms with E-state index in [4.69, 9.17) is 4.74 Å². The molecule has 0 aliphatic rings. The summed E-state index contributed by atoms with van der Waals surface area (Å²) in [7, 11) is 3.63. The highest BCUT2D eigenvalue weighted by atomic mass is 32.1. The third-order valence-corrected chi connectivity index (χ3v) is 4.35. The maximum absolute atomic E-state index is 9.40. The second kappa shape index (κ2) is 6.35. The number of aryl methyl sites for hydroxylation is 2. The molecule has 0 aliphatic heterocycles. The number of ether oxygens (including phenoxy) is 1. The standard InChI is InChI=1S/C15H20N2O2S/c1-10-5-6-13(11(2)7-10)17(3)15-16-12(9-19-4)14(8-18)20-15/h5-7,18H,8-9H2,1-4H3. The zero-order chi connectivity index (χ0) is 14.7. The van der Waals surface area contributed by atoms with Crippen LogP contribution in [0.15, 0.2) is 18.2 Å². The second-order valence-corrected chi connectivity index (χ2v) is 5.87. The summed E-state index contributed by atoms with van der Waals surface area (Å²) in [5, 5.41) is 10.3. The fraction of sp³-hybridized carbons (Fsp3) is 0.400. The summed E-state index contributed by atoms with van der Waals surface area (Å²) in [6, 6.07) is 6.35. The Bertz CT molecular complexity index is 596. The Morgan fingerprint density at radius 3 is 2.70 bits per heavy atom. The number of hydrogen-bond acceptors (Lipinski definition) is 5. The van der Waals surface area contributed by atoms with E-state index in [0.717, 1.165) is 21.4 Å². The summed E-state index contributed by atoms with van der Waals surface area (Å²) in [5.41, 5.74) is 4.39. The average molecular weight is 292 g/mol. The van der Waals surface area contributed by atoms with Crippen molar-refractivity contribution in [3.63, 3.8) is 0 Å². The van der Waals surface area contributed by atoms with E-state index < -0.39 is 0 Å². The van der Waals surface area contributed by atoms with Gasteiger partial charge in [0.05, 0.1) is 23.8 Å². The first-order chi connectivity index (χ1) is 9.56. The molecule has 0 aliphatic carbocycles. The van der Waals surface area contributed by atoms with E-state index in [1.165, 1.54) is 22.5 Å². The number of aliphatic hydroxyl groups is 1. The van der Waals surface area contributed by atoms with Crippen molar-refractivity contribution in [1.82, 2.24) is 4.98 Å². The van der Waals surface area contributed by atoms with Gasteiger partial charge in [-0.3, -0.25) is 0 Å². The quantitative estimate of drug-likeness (QED) is 0.919. The van der Waals surface area contributed by atoms with Crippen LogP contribution in [0, 0.1) is 13.8 Å². The lowest BCUT2D eigenvalue weighted by atomic mass is 10.1. The van der Waals surface area contributed by atoms with Gasteiger partial charge in [-0.15, -0.1) is 0 Å². The molecular formula is C15H20N2O2S. The highest BCUT2D eigenvalue weighted by Crippen LogP contribution is 2.32. The van der Waals surface area contributed by atoms with Gasteiger partial charge >= 0.3 is 0 Å². The van der Waals surface area contributed by atoms with Crippen molar-refractivity contribution >= 4 is 22.2 Å². The van der Waals surface area contributed by atoms with E-state index in [9.17, 15) is 5.11 Å². The summed E-state index contributed by atoms with van der Waals surface area (Å²) in [6.45, 7) is 4.60. The van der Waals surface area contributed by atoms with Crippen LogP contribution >= 0.6 is 11.3 Å². The SMILES string of the molecule is COCc1nc(N(C)c2ccc(C)cc2C)sc1CO. The molecule has 0 radical (unpaired) electrons. The lowest BCUT2D eigenvalue weighted by molar-refractivity contribution is 0.179. The van der Waals surface area contributed by atoms with E-state index in [1.807, 2.05) is 7.05 Å². The van der Waals surface area contributed by atoms with Gasteiger partial charge in [0, 0.05) is 19.8 Å². The van der Waals surface area contributed by atoms with Crippen molar-refractivity contribution in [3.8, 4) is 0 Å². The first kappa shape index (κ1) is 15.0. The number of nitrogens with zero attached hydrogens (tertiary/aromatic N) is 2. The molecule has 2 rings (SSSR count). The van der Waals surface area contributed by atoms with Crippen LogP contribution in [0.4, 0.5) is 10.8 Å². The molecular weight excluding hydrogens is 272 g/mol. The Morgan fingerprint density at radius 1 is 1.35 bits per heavy atom. The molecule has 0 atom stereocenters. The highest BCUT2D eigenvalue weighted by molar-refractivity contribution is 7.15. The number of methoxy groups -OCH3 is 1. The van der Waals surface area contributed by atoms with Gasteiger partial charge in [0.1, 0.15) is 0 Å². The van der Waals surface area contributed by atoms with Crippen molar-refractivity contribution in [2.75, 3.05) is 19.1 Å². The van der Waals surface area contributed by atoms with Crippen molar-refractivity contribution in [3.05, 3.63) is 39.9 Å². The topological polar surface area (TPSA) is 45.6 Å². The molecule has 5 heteroatoms. The highest BCUT2D eigenvalue weighted by Gasteiger charge is 2.15. The Balaban J connectivity index is 2.35. The Kier molecular flexibility index (Phi) is 4.75. The number of aliphatic hydroxyl groups excluding tert-OH is 1. The molecule has 108 valence electrons. The normalized spacial score (nSPS) is 10.8. The Hall–Kier alpha value is -1.43. The summed E-state index contributed by atoms with van der Waals surface area (Å²) in [4.78, 5) is 7.48. The second-order valence-electron chi connectivity index (χ2n) is 4.81. The minimum Gasteiger partial charge on any atom is -0.391 e. The van der Waals surface area contributed by atoms with Crippen LogP contribution in [0.2, 0.25) is 0 Å². The van der Waals surface area contributed by atoms with E-state index in [2.05, 4.69) is 41.9 Å². The van der Waals surface area contributed by atoms with Gasteiger partial charge < -0.3 is 14.7 Å². The predicted octanol–water partition coefficient (Wildman–Crippen LogP) is 3.17. The largest absolute Gasteiger partial charge is 0.391 e. The van der Waals surface area contributed by atoms with Crippen molar-refractivity contribution < 1.29 is 9.84 Å². The van der Waals surface area contributed by atoms with Crippen molar-refractivity contribution in [1.29, 1.82) is 0 Å². The van der Waals surface area contributed by atoms with E-state index in [0.29, 0.717) is 6.61 Å². The average Bonchev–Trinajstić information content (AvgIpc) is 2.82. The first-order valence-electron chi connectivity index (χ1n) is 6.46. The van der Waals surface area contributed by atoms with Crippen LogP contribution in [-0.2, 0) is 18.0 Å². The van der Waals surface area contributed by atoms with E-state index >= 15 is 0 Å². The van der Waals surface area contributed by atoms with Gasteiger partial charge in [0.15, 0.2) is 5.13 Å². The van der Waals surface area contributed by atoms with E-state index in [-0.39, 0.29) is 6.61 Å². The molecule has 0 bridgehead atoms. The maximum Gasteiger partial charge on any atom is 0.190 e. The predicted molar refractivity (Wildman–Crippen MR) is 82.7 cm³/mol. The molecule has 1 aromatic carbocycles. The zero-order valence-electron chi connectivity index (χ0n) is 12.3. The molecule has 0 fully saturated rings. The number of hydrogen-bond donors (Lipinski definition) is 1. The number of aromatic nitrogens is 1. The van der Waals surface area contributed by atoms with Crippen molar-refractivity contribution in [2.45, 2.75) is 27.1 Å². The molecule has 0 unspecified atom stereocenters. The number of benzene rings is 1. The Morgan fingerprint density at radius 2 is 2.10 bits per heavy atom. The molecule has 20 heavy (non-hydrogen) atoms. The van der Waals surface area contributed by atoms with Gasteiger partial charge in [0.25, 0.3) is 0 Å². The first-order valence-corrected chi connectivity index (χ1v) is 7.27. The van der Waals surface area contributed by atoms with Crippen LogP contribution in [-0.4, -0.2) is 24.2 Å². The molecule has 0 saturated carbocycles. The monoisotopic (exact) mass is 292 g/mol. The fourth-order valence-electron chi connectivity index (χ4n) is 2.17. The molecule has 1 heterocycles. The Labute approximate surface area is 123 Å².